The molecule has 126 valence electrons. The van der Waals surface area contributed by atoms with Crippen LogP contribution in [0.2, 0.25) is 0 Å². The molecule has 4 rings (SSSR count). The Bertz CT molecular complexity index is 723. The Kier molecular flexibility index (Phi) is 3.84. The van der Waals surface area contributed by atoms with Gasteiger partial charge in [0.2, 0.25) is 0 Å². The molecule has 0 spiro atoms. The molecule has 1 aliphatic heterocycles. The molecule has 2 aliphatic rings. The van der Waals surface area contributed by atoms with Crippen LogP contribution in [0.4, 0.5) is 0 Å². The van der Waals surface area contributed by atoms with E-state index in [0.717, 1.165) is 25.9 Å². The van der Waals surface area contributed by atoms with Crippen molar-refractivity contribution in [2.45, 2.75) is 45.3 Å². The SMILES string of the molecule is Cc1noc(C)c1C(=O)N[C@H]1C[C@H]2C[C@H]1CN2Cc1cccnc1. The molecule has 2 bridgehead atoms. The van der Waals surface area contributed by atoms with Crippen molar-refractivity contribution in [3.05, 3.63) is 47.1 Å². The predicted molar refractivity (Wildman–Crippen MR) is 88.4 cm³/mol. The van der Waals surface area contributed by atoms with E-state index in [1.807, 2.05) is 19.2 Å². The van der Waals surface area contributed by atoms with Gasteiger partial charge in [-0.3, -0.25) is 14.7 Å². The highest BCUT2D eigenvalue weighted by atomic mass is 16.5. The van der Waals surface area contributed by atoms with Gasteiger partial charge in [0.1, 0.15) is 11.3 Å². The molecular weight excluding hydrogens is 304 g/mol. The molecule has 1 saturated heterocycles. The van der Waals surface area contributed by atoms with Crippen molar-refractivity contribution in [1.29, 1.82) is 0 Å². The lowest BCUT2D eigenvalue weighted by molar-refractivity contribution is 0.0902. The fourth-order valence-electron chi connectivity index (χ4n) is 4.19. The number of carbonyl (C=O) groups is 1. The molecule has 1 amide bonds. The summed E-state index contributed by atoms with van der Waals surface area (Å²) in [6, 6.07) is 4.90. The molecule has 0 radical (unpaired) electrons. The van der Waals surface area contributed by atoms with Gasteiger partial charge in [0.25, 0.3) is 5.91 Å². The fourth-order valence-corrected chi connectivity index (χ4v) is 4.19. The zero-order valence-corrected chi connectivity index (χ0v) is 14.0. The van der Waals surface area contributed by atoms with Crippen LogP contribution in [0.25, 0.3) is 0 Å². The van der Waals surface area contributed by atoms with Crippen LogP contribution in [0.15, 0.2) is 29.0 Å². The van der Waals surface area contributed by atoms with E-state index in [9.17, 15) is 4.79 Å². The van der Waals surface area contributed by atoms with Crippen LogP contribution in [0.5, 0.6) is 0 Å². The van der Waals surface area contributed by atoms with Gasteiger partial charge in [-0.25, -0.2) is 0 Å². The second kappa shape index (κ2) is 6.02. The molecule has 2 fully saturated rings. The Morgan fingerprint density at radius 1 is 1.42 bits per heavy atom. The van der Waals surface area contributed by atoms with Crippen molar-refractivity contribution >= 4 is 5.91 Å². The van der Waals surface area contributed by atoms with Gasteiger partial charge in [-0.15, -0.1) is 0 Å². The molecule has 0 aromatic carbocycles. The summed E-state index contributed by atoms with van der Waals surface area (Å²) >= 11 is 0. The number of carbonyl (C=O) groups excluding carboxylic acids is 1. The van der Waals surface area contributed by atoms with Gasteiger partial charge in [0.15, 0.2) is 0 Å². The summed E-state index contributed by atoms with van der Waals surface area (Å²) in [7, 11) is 0. The Balaban J connectivity index is 1.37. The van der Waals surface area contributed by atoms with Gasteiger partial charge in [-0.1, -0.05) is 11.2 Å². The average molecular weight is 326 g/mol. The first kappa shape index (κ1) is 15.3. The van der Waals surface area contributed by atoms with Gasteiger partial charge in [-0.05, 0) is 44.2 Å². The van der Waals surface area contributed by atoms with E-state index in [0.29, 0.717) is 29.0 Å². The standard InChI is InChI=1S/C18H22N4O2/c1-11-17(12(2)24-21-11)18(23)20-16-7-15-6-14(16)10-22(15)9-13-4-3-5-19-8-13/h3-5,8,14-16H,6-7,9-10H2,1-2H3,(H,20,23)/t14-,15+,16-/m0/s1. The lowest BCUT2D eigenvalue weighted by Crippen LogP contribution is -2.45. The normalized spacial score (nSPS) is 26.0. The highest BCUT2D eigenvalue weighted by Crippen LogP contribution is 2.38. The predicted octanol–water partition coefficient (Wildman–Crippen LogP) is 2.08. The van der Waals surface area contributed by atoms with Crippen molar-refractivity contribution < 1.29 is 9.32 Å². The maximum absolute atomic E-state index is 12.5. The number of hydrogen-bond donors (Lipinski definition) is 1. The number of aromatic nitrogens is 2. The van der Waals surface area contributed by atoms with E-state index in [2.05, 4.69) is 26.4 Å². The molecule has 1 N–H and O–H groups in total. The molecule has 6 heteroatoms. The number of fused-ring (bicyclic) bond motifs is 2. The molecule has 24 heavy (non-hydrogen) atoms. The van der Waals surface area contributed by atoms with Crippen LogP contribution >= 0.6 is 0 Å². The zero-order valence-electron chi connectivity index (χ0n) is 14.0. The minimum absolute atomic E-state index is 0.0531. The maximum atomic E-state index is 12.5. The summed E-state index contributed by atoms with van der Waals surface area (Å²) in [6.45, 7) is 5.57. The summed E-state index contributed by atoms with van der Waals surface area (Å²) in [4.78, 5) is 19.2. The summed E-state index contributed by atoms with van der Waals surface area (Å²) in [5.74, 6) is 1.06. The number of rotatable bonds is 4. The molecule has 2 aromatic heterocycles. The molecule has 1 saturated carbocycles. The number of nitrogens with zero attached hydrogens (tertiary/aromatic N) is 3. The fraction of sp³-hybridized carbons (Fsp3) is 0.500. The average Bonchev–Trinajstić information content (AvgIpc) is 3.23. The third kappa shape index (κ3) is 2.71. The van der Waals surface area contributed by atoms with Gasteiger partial charge in [-0.2, -0.15) is 0 Å². The molecule has 1 aliphatic carbocycles. The third-order valence-corrected chi connectivity index (χ3v) is 5.34. The van der Waals surface area contributed by atoms with Crippen molar-refractivity contribution in [2.24, 2.45) is 5.92 Å². The van der Waals surface area contributed by atoms with Crippen LogP contribution in [-0.4, -0.2) is 39.6 Å². The number of likely N-dealkylation sites (tertiary alicyclic amines) is 1. The summed E-state index contributed by atoms with van der Waals surface area (Å²) in [5.41, 5.74) is 2.50. The molecular formula is C18H22N4O2. The second-order valence-corrected chi connectivity index (χ2v) is 6.96. The summed E-state index contributed by atoms with van der Waals surface area (Å²) in [5, 5.41) is 7.07. The Labute approximate surface area is 141 Å². The van der Waals surface area contributed by atoms with Crippen LogP contribution in [0.1, 0.15) is 40.2 Å². The van der Waals surface area contributed by atoms with Gasteiger partial charge >= 0.3 is 0 Å². The smallest absolute Gasteiger partial charge is 0.257 e. The lowest BCUT2D eigenvalue weighted by atomic mass is 10.0. The molecule has 6 nitrogen and oxygen atoms in total. The van der Waals surface area contributed by atoms with E-state index in [-0.39, 0.29) is 11.9 Å². The van der Waals surface area contributed by atoms with Crippen LogP contribution in [0.3, 0.4) is 0 Å². The lowest BCUT2D eigenvalue weighted by Gasteiger charge is -2.31. The molecule has 3 atom stereocenters. The Morgan fingerprint density at radius 2 is 2.29 bits per heavy atom. The van der Waals surface area contributed by atoms with Gasteiger partial charge < -0.3 is 9.84 Å². The second-order valence-electron chi connectivity index (χ2n) is 6.96. The van der Waals surface area contributed by atoms with Crippen LogP contribution in [0, 0.1) is 19.8 Å². The van der Waals surface area contributed by atoms with E-state index in [4.69, 9.17) is 4.52 Å². The maximum Gasteiger partial charge on any atom is 0.257 e. The van der Waals surface area contributed by atoms with Gasteiger partial charge in [0.05, 0.1) is 5.69 Å². The highest BCUT2D eigenvalue weighted by Gasteiger charge is 2.45. The Hall–Kier alpha value is -2.21. The van der Waals surface area contributed by atoms with Crippen molar-refractivity contribution in [3.63, 3.8) is 0 Å². The van der Waals surface area contributed by atoms with Crippen molar-refractivity contribution in [3.8, 4) is 0 Å². The van der Waals surface area contributed by atoms with E-state index in [1.54, 1.807) is 13.1 Å². The van der Waals surface area contributed by atoms with Crippen LogP contribution in [-0.2, 0) is 6.54 Å². The van der Waals surface area contributed by atoms with Crippen molar-refractivity contribution in [1.82, 2.24) is 20.4 Å². The number of amides is 1. The van der Waals surface area contributed by atoms with Gasteiger partial charge in [0, 0.05) is 37.6 Å². The minimum Gasteiger partial charge on any atom is -0.361 e. The molecule has 0 unspecified atom stereocenters. The number of pyridine rings is 1. The highest BCUT2D eigenvalue weighted by molar-refractivity contribution is 5.96. The first-order valence-corrected chi connectivity index (χ1v) is 8.48. The molecule has 3 heterocycles. The van der Waals surface area contributed by atoms with E-state index < -0.39 is 0 Å². The number of nitrogens with one attached hydrogen (secondary N) is 1. The quantitative estimate of drug-likeness (QED) is 0.931. The summed E-state index contributed by atoms with van der Waals surface area (Å²) in [6.07, 6.45) is 5.91. The van der Waals surface area contributed by atoms with Crippen LogP contribution < -0.4 is 5.32 Å². The van der Waals surface area contributed by atoms with E-state index in [1.165, 1.54) is 5.56 Å². The first-order chi connectivity index (χ1) is 11.6. The van der Waals surface area contributed by atoms with E-state index >= 15 is 0 Å². The minimum atomic E-state index is -0.0531. The summed E-state index contributed by atoms with van der Waals surface area (Å²) < 4.78 is 5.10. The Morgan fingerprint density at radius 3 is 2.92 bits per heavy atom. The first-order valence-electron chi connectivity index (χ1n) is 8.48. The largest absolute Gasteiger partial charge is 0.361 e. The number of piperidine rings is 1. The molecule has 2 aromatic rings. The number of hydrogen-bond acceptors (Lipinski definition) is 5. The topological polar surface area (TPSA) is 71.3 Å². The monoisotopic (exact) mass is 326 g/mol. The van der Waals surface area contributed by atoms with Crippen molar-refractivity contribution in [2.75, 3.05) is 6.54 Å². The third-order valence-electron chi connectivity index (χ3n) is 5.34. The zero-order chi connectivity index (χ0) is 16.7. The number of aryl methyl sites for hydroxylation is 2.